The van der Waals surface area contributed by atoms with E-state index in [-0.39, 0.29) is 0 Å². The van der Waals surface area contributed by atoms with Crippen molar-refractivity contribution in [2.24, 2.45) is 0 Å². The first-order valence-corrected chi connectivity index (χ1v) is 3.92. The Kier molecular flexibility index (Phi) is 1.54. The molecule has 0 aliphatic carbocycles. The summed E-state index contributed by atoms with van der Waals surface area (Å²) in [5.74, 6) is 0. The predicted octanol–water partition coefficient (Wildman–Crippen LogP) is -0.727. The van der Waals surface area contributed by atoms with Crippen LogP contribution < -0.4 is 11.4 Å². The lowest BCUT2D eigenvalue weighted by atomic mass is 10.3. The Morgan fingerprint density at radius 1 is 1.46 bits per heavy atom. The maximum atomic E-state index is 11.2. The summed E-state index contributed by atoms with van der Waals surface area (Å²) in [4.78, 5) is 26.6. The van der Waals surface area contributed by atoms with Crippen LogP contribution >= 0.6 is 0 Å². The third-order valence-electron chi connectivity index (χ3n) is 1.78. The second kappa shape index (κ2) is 2.58. The van der Waals surface area contributed by atoms with Crippen LogP contribution in [0, 0.1) is 0 Å². The fraction of sp³-hybridized carbons (Fsp3) is 0.286. The van der Waals surface area contributed by atoms with Crippen LogP contribution in [-0.4, -0.2) is 19.6 Å². The number of aryl methyl sites for hydroxylation is 1. The van der Waals surface area contributed by atoms with Gasteiger partial charge in [0.25, 0.3) is 0 Å². The molecule has 2 heterocycles. The minimum Gasteiger partial charge on any atom is -0.292 e. The molecule has 0 spiro atoms. The van der Waals surface area contributed by atoms with E-state index in [2.05, 4.69) is 15.1 Å². The quantitative estimate of drug-likeness (QED) is 0.607. The maximum Gasteiger partial charge on any atom is 0.352 e. The molecule has 68 valence electrons. The van der Waals surface area contributed by atoms with Gasteiger partial charge in [-0.2, -0.15) is 9.61 Å². The Morgan fingerprint density at radius 3 is 2.92 bits per heavy atom. The minimum absolute atomic E-state index is 0.422. The van der Waals surface area contributed by atoms with Crippen molar-refractivity contribution in [1.29, 1.82) is 0 Å². The fourth-order valence-electron chi connectivity index (χ4n) is 1.14. The number of nitrogens with zero attached hydrogens (tertiary/aromatic N) is 2. The minimum atomic E-state index is -0.515. The first-order valence-electron chi connectivity index (χ1n) is 3.92. The van der Waals surface area contributed by atoms with Crippen molar-refractivity contribution >= 4 is 5.65 Å². The van der Waals surface area contributed by atoms with Gasteiger partial charge in [0.15, 0.2) is 0 Å². The summed E-state index contributed by atoms with van der Waals surface area (Å²) >= 11 is 0. The third kappa shape index (κ3) is 1.16. The summed E-state index contributed by atoms with van der Waals surface area (Å²) in [6.07, 6.45) is 0.725. The molecular weight excluding hydrogens is 172 g/mol. The van der Waals surface area contributed by atoms with Crippen LogP contribution in [0.5, 0.6) is 0 Å². The van der Waals surface area contributed by atoms with E-state index in [1.165, 1.54) is 0 Å². The lowest BCUT2D eigenvalue weighted by molar-refractivity contribution is 0.800. The summed E-state index contributed by atoms with van der Waals surface area (Å²) in [6, 6.07) is 1.68. The average molecular weight is 180 g/mol. The van der Waals surface area contributed by atoms with Gasteiger partial charge in [0.05, 0.1) is 5.69 Å². The van der Waals surface area contributed by atoms with Crippen LogP contribution in [0.25, 0.3) is 5.65 Å². The fourth-order valence-corrected chi connectivity index (χ4v) is 1.14. The molecule has 2 aromatic heterocycles. The highest BCUT2D eigenvalue weighted by Crippen LogP contribution is 1.98. The van der Waals surface area contributed by atoms with Crippen LogP contribution in [0.1, 0.15) is 12.6 Å². The number of fused-ring (bicyclic) bond motifs is 1. The van der Waals surface area contributed by atoms with Gasteiger partial charge in [-0.15, -0.1) is 0 Å². The first kappa shape index (κ1) is 7.78. The zero-order chi connectivity index (χ0) is 9.42. The van der Waals surface area contributed by atoms with E-state index >= 15 is 0 Å². The highest BCUT2D eigenvalue weighted by atomic mass is 16.2. The summed E-state index contributed by atoms with van der Waals surface area (Å²) in [7, 11) is 0. The molecule has 0 aromatic carbocycles. The molecule has 0 amide bonds. The predicted molar refractivity (Wildman–Crippen MR) is 45.8 cm³/mol. The summed E-state index contributed by atoms with van der Waals surface area (Å²) in [5, 5.41) is 3.97. The second-order valence-corrected chi connectivity index (χ2v) is 2.67. The molecule has 0 aliphatic rings. The summed E-state index contributed by atoms with van der Waals surface area (Å²) < 4.78 is 1.14. The molecule has 0 radical (unpaired) electrons. The van der Waals surface area contributed by atoms with E-state index in [9.17, 15) is 9.59 Å². The molecule has 2 rings (SSSR count). The van der Waals surface area contributed by atoms with Crippen molar-refractivity contribution in [3.8, 4) is 0 Å². The van der Waals surface area contributed by atoms with Crippen LogP contribution in [0.2, 0.25) is 0 Å². The van der Waals surface area contributed by atoms with Crippen LogP contribution in [0.3, 0.4) is 0 Å². The van der Waals surface area contributed by atoms with Gasteiger partial charge in [0, 0.05) is 6.07 Å². The SMILES string of the molecule is CCc1cc2[nH]c(=O)[nH]c(=O)n2n1. The zero-order valence-electron chi connectivity index (χ0n) is 7.00. The molecule has 0 aliphatic heterocycles. The maximum absolute atomic E-state index is 11.2. The topological polar surface area (TPSA) is 83.0 Å². The normalized spacial score (nSPS) is 10.8. The number of hydrogen-bond acceptors (Lipinski definition) is 3. The summed E-state index contributed by atoms with van der Waals surface area (Å²) in [5.41, 5.74) is 0.163. The number of nitrogens with one attached hydrogen (secondary N) is 2. The number of aromatic nitrogens is 4. The van der Waals surface area contributed by atoms with Gasteiger partial charge in [0.1, 0.15) is 5.65 Å². The van der Waals surface area contributed by atoms with E-state index in [1.54, 1.807) is 6.07 Å². The van der Waals surface area contributed by atoms with Crippen molar-refractivity contribution in [2.75, 3.05) is 0 Å². The number of H-pyrrole nitrogens is 2. The lowest BCUT2D eigenvalue weighted by Gasteiger charge is -1.87. The Labute approximate surface area is 72.2 Å². The van der Waals surface area contributed by atoms with Gasteiger partial charge in [-0.25, -0.2) is 9.59 Å². The molecular formula is C7H8N4O2. The van der Waals surface area contributed by atoms with E-state index in [1.807, 2.05) is 6.92 Å². The molecule has 0 atom stereocenters. The molecule has 2 N–H and O–H groups in total. The Balaban J connectivity index is 2.91. The molecule has 0 fully saturated rings. The van der Waals surface area contributed by atoms with Crippen LogP contribution in [0.15, 0.2) is 15.7 Å². The first-order chi connectivity index (χ1) is 6.20. The largest absolute Gasteiger partial charge is 0.352 e. The number of aromatic amines is 2. The average Bonchev–Trinajstić information content (AvgIpc) is 2.47. The molecule has 2 aromatic rings. The van der Waals surface area contributed by atoms with Gasteiger partial charge >= 0.3 is 11.4 Å². The Hall–Kier alpha value is -1.85. The molecule has 0 saturated carbocycles. The lowest BCUT2D eigenvalue weighted by Crippen LogP contribution is -2.28. The Morgan fingerprint density at radius 2 is 2.23 bits per heavy atom. The molecule has 0 unspecified atom stereocenters. The standard InChI is InChI=1S/C7H8N4O2/c1-2-4-3-5-8-6(12)9-7(13)11(5)10-4/h3H,2H2,1H3,(H2,8,9,12,13). The van der Waals surface area contributed by atoms with E-state index in [0.29, 0.717) is 5.65 Å². The molecule has 0 saturated heterocycles. The summed E-state index contributed by atoms with van der Waals surface area (Å²) in [6.45, 7) is 1.92. The van der Waals surface area contributed by atoms with Crippen molar-refractivity contribution in [3.05, 3.63) is 32.7 Å². The van der Waals surface area contributed by atoms with E-state index in [0.717, 1.165) is 16.6 Å². The second-order valence-electron chi connectivity index (χ2n) is 2.67. The monoisotopic (exact) mass is 180 g/mol. The highest BCUT2D eigenvalue weighted by Gasteiger charge is 2.02. The zero-order valence-corrected chi connectivity index (χ0v) is 7.00. The van der Waals surface area contributed by atoms with E-state index in [4.69, 9.17) is 0 Å². The van der Waals surface area contributed by atoms with Crippen LogP contribution in [-0.2, 0) is 6.42 Å². The number of hydrogen-bond donors (Lipinski definition) is 2. The molecule has 13 heavy (non-hydrogen) atoms. The third-order valence-corrected chi connectivity index (χ3v) is 1.78. The molecule has 6 nitrogen and oxygen atoms in total. The van der Waals surface area contributed by atoms with Crippen molar-refractivity contribution in [3.63, 3.8) is 0 Å². The van der Waals surface area contributed by atoms with Crippen LogP contribution in [0.4, 0.5) is 0 Å². The van der Waals surface area contributed by atoms with Gasteiger partial charge in [0.2, 0.25) is 0 Å². The van der Waals surface area contributed by atoms with Gasteiger partial charge in [-0.1, -0.05) is 6.92 Å². The molecule has 0 bridgehead atoms. The van der Waals surface area contributed by atoms with Gasteiger partial charge in [-0.3, -0.25) is 9.97 Å². The van der Waals surface area contributed by atoms with Gasteiger partial charge < -0.3 is 0 Å². The van der Waals surface area contributed by atoms with E-state index < -0.39 is 11.4 Å². The van der Waals surface area contributed by atoms with Crippen molar-refractivity contribution in [2.45, 2.75) is 13.3 Å². The highest BCUT2D eigenvalue weighted by molar-refractivity contribution is 5.37. The Bertz CT molecular complexity index is 547. The molecule has 6 heteroatoms. The van der Waals surface area contributed by atoms with Crippen molar-refractivity contribution in [1.82, 2.24) is 19.6 Å². The smallest absolute Gasteiger partial charge is 0.292 e. The van der Waals surface area contributed by atoms with Gasteiger partial charge in [-0.05, 0) is 6.42 Å². The number of rotatable bonds is 1. The van der Waals surface area contributed by atoms with Crippen molar-refractivity contribution < 1.29 is 0 Å².